The molecule has 1 unspecified atom stereocenters. The molecule has 2 saturated carbocycles. The van der Waals surface area contributed by atoms with Crippen molar-refractivity contribution >= 4 is 5.97 Å². The molecule has 0 amide bonds. The highest BCUT2D eigenvalue weighted by Gasteiger charge is 2.61. The molecule has 3 rings (SSSR count). The second kappa shape index (κ2) is 1.61. The van der Waals surface area contributed by atoms with Gasteiger partial charge in [-0.3, -0.25) is 4.79 Å². The maximum atomic E-state index is 11.1. The summed E-state index contributed by atoms with van der Waals surface area (Å²) < 4.78 is 5.11. The summed E-state index contributed by atoms with van der Waals surface area (Å²) in [6.07, 6.45) is 1.56. The lowest BCUT2D eigenvalue weighted by molar-refractivity contribution is -0.143. The third-order valence-electron chi connectivity index (χ3n) is 3.43. The molecule has 11 heavy (non-hydrogen) atoms. The Morgan fingerprint density at radius 1 is 1.45 bits per heavy atom. The Bertz CT molecular complexity index is 225. The van der Waals surface area contributed by atoms with Crippen molar-refractivity contribution in [1.29, 1.82) is 0 Å². The molecule has 60 valence electrons. The van der Waals surface area contributed by atoms with Crippen LogP contribution in [0, 0.1) is 17.8 Å². The average molecular weight is 154 g/mol. The number of ether oxygens (including phenoxy) is 1. The Morgan fingerprint density at radius 3 is 2.82 bits per heavy atom. The van der Waals surface area contributed by atoms with Crippen molar-refractivity contribution in [3.63, 3.8) is 0 Å². The molecule has 1 saturated heterocycles. The minimum Gasteiger partial charge on any atom is -0.462 e. The maximum Gasteiger partial charge on any atom is 0.309 e. The SMILES string of the molecule is O=C1O[C@H]2C[C@H]3C[C@@H]1[C@@H]2C3O. The predicted molar refractivity (Wildman–Crippen MR) is 35.6 cm³/mol. The maximum absolute atomic E-state index is 11.1. The topological polar surface area (TPSA) is 46.5 Å². The Kier molecular flexibility index (Phi) is 0.876. The molecule has 5 atom stereocenters. The number of esters is 1. The first kappa shape index (κ1) is 6.00. The number of aliphatic hydroxyl groups is 1. The van der Waals surface area contributed by atoms with Gasteiger partial charge in [-0.05, 0) is 18.8 Å². The van der Waals surface area contributed by atoms with E-state index in [2.05, 4.69) is 0 Å². The molecule has 0 aromatic rings. The molecule has 0 radical (unpaired) electrons. The van der Waals surface area contributed by atoms with Gasteiger partial charge in [0.15, 0.2) is 0 Å². The molecule has 1 aliphatic heterocycles. The Hall–Kier alpha value is -0.570. The fraction of sp³-hybridized carbons (Fsp3) is 0.875. The largest absolute Gasteiger partial charge is 0.462 e. The van der Waals surface area contributed by atoms with Crippen LogP contribution in [0.25, 0.3) is 0 Å². The lowest BCUT2D eigenvalue weighted by atomic mass is 9.90. The summed E-state index contributed by atoms with van der Waals surface area (Å²) in [4.78, 5) is 11.1. The van der Waals surface area contributed by atoms with Crippen LogP contribution in [0.2, 0.25) is 0 Å². The van der Waals surface area contributed by atoms with Gasteiger partial charge in [0.25, 0.3) is 0 Å². The summed E-state index contributed by atoms with van der Waals surface area (Å²) in [6, 6.07) is 0. The number of fused-ring (bicyclic) bond motifs is 1. The number of rotatable bonds is 0. The Balaban J connectivity index is 2.05. The second-order valence-electron chi connectivity index (χ2n) is 3.88. The normalized spacial score (nSPS) is 58.6. The highest BCUT2D eigenvalue weighted by molar-refractivity contribution is 5.76. The summed E-state index contributed by atoms with van der Waals surface area (Å²) >= 11 is 0. The third-order valence-corrected chi connectivity index (χ3v) is 3.43. The number of hydrogen-bond donors (Lipinski definition) is 1. The van der Waals surface area contributed by atoms with Crippen LogP contribution < -0.4 is 0 Å². The Labute approximate surface area is 64.3 Å². The van der Waals surface area contributed by atoms with Crippen LogP contribution in [-0.2, 0) is 9.53 Å². The van der Waals surface area contributed by atoms with E-state index in [9.17, 15) is 9.90 Å². The van der Waals surface area contributed by atoms with E-state index < -0.39 is 0 Å². The summed E-state index contributed by atoms with van der Waals surface area (Å²) in [5.41, 5.74) is 0. The van der Waals surface area contributed by atoms with Crippen LogP contribution in [-0.4, -0.2) is 23.3 Å². The van der Waals surface area contributed by atoms with E-state index in [1.165, 1.54) is 0 Å². The zero-order valence-electron chi connectivity index (χ0n) is 6.06. The lowest BCUT2D eigenvalue weighted by Gasteiger charge is -2.11. The number of hydrogen-bond acceptors (Lipinski definition) is 3. The molecular weight excluding hydrogens is 144 g/mol. The third kappa shape index (κ3) is 0.527. The van der Waals surface area contributed by atoms with Crippen LogP contribution in [0.15, 0.2) is 0 Å². The van der Waals surface area contributed by atoms with Gasteiger partial charge in [-0.2, -0.15) is 0 Å². The van der Waals surface area contributed by atoms with Crippen LogP contribution in [0.5, 0.6) is 0 Å². The fourth-order valence-corrected chi connectivity index (χ4v) is 2.96. The van der Waals surface area contributed by atoms with Gasteiger partial charge < -0.3 is 9.84 Å². The highest BCUT2D eigenvalue weighted by Crippen LogP contribution is 2.54. The molecule has 2 aliphatic carbocycles. The molecule has 3 heteroatoms. The molecular formula is C8H10O3. The second-order valence-corrected chi connectivity index (χ2v) is 3.88. The van der Waals surface area contributed by atoms with Gasteiger partial charge >= 0.3 is 5.97 Å². The lowest BCUT2D eigenvalue weighted by Crippen LogP contribution is -2.20. The first-order valence-electron chi connectivity index (χ1n) is 4.16. The van der Waals surface area contributed by atoms with E-state index in [1.807, 2.05) is 0 Å². The quantitative estimate of drug-likeness (QED) is 0.497. The number of aliphatic hydroxyl groups excluding tert-OH is 1. The highest BCUT2D eigenvalue weighted by atomic mass is 16.6. The molecule has 3 aliphatic rings. The van der Waals surface area contributed by atoms with Crippen molar-refractivity contribution in [2.24, 2.45) is 17.8 Å². The Morgan fingerprint density at radius 2 is 2.27 bits per heavy atom. The van der Waals surface area contributed by atoms with E-state index in [-0.39, 0.29) is 30.0 Å². The minimum atomic E-state index is -0.253. The van der Waals surface area contributed by atoms with Crippen molar-refractivity contribution < 1.29 is 14.6 Å². The van der Waals surface area contributed by atoms with Crippen molar-refractivity contribution in [3.8, 4) is 0 Å². The van der Waals surface area contributed by atoms with Crippen molar-refractivity contribution in [3.05, 3.63) is 0 Å². The zero-order chi connectivity index (χ0) is 7.59. The smallest absolute Gasteiger partial charge is 0.309 e. The average Bonchev–Trinajstić information content (AvgIpc) is 2.47. The molecule has 2 bridgehead atoms. The van der Waals surface area contributed by atoms with Gasteiger partial charge in [0, 0.05) is 5.92 Å². The molecule has 0 aromatic carbocycles. The summed E-state index contributed by atoms with van der Waals surface area (Å²) in [5, 5.41) is 9.60. The molecule has 1 heterocycles. The zero-order valence-corrected chi connectivity index (χ0v) is 6.06. The van der Waals surface area contributed by atoms with E-state index in [0.29, 0.717) is 5.92 Å². The van der Waals surface area contributed by atoms with Crippen LogP contribution in [0.4, 0.5) is 0 Å². The van der Waals surface area contributed by atoms with Gasteiger partial charge in [0.2, 0.25) is 0 Å². The van der Waals surface area contributed by atoms with Crippen molar-refractivity contribution in [1.82, 2.24) is 0 Å². The molecule has 0 spiro atoms. The fourth-order valence-electron chi connectivity index (χ4n) is 2.96. The van der Waals surface area contributed by atoms with E-state index in [1.54, 1.807) is 0 Å². The predicted octanol–water partition coefficient (Wildman–Crippen LogP) is -0.0713. The molecule has 3 nitrogen and oxygen atoms in total. The van der Waals surface area contributed by atoms with Crippen molar-refractivity contribution in [2.75, 3.05) is 0 Å². The van der Waals surface area contributed by atoms with Gasteiger partial charge in [-0.15, -0.1) is 0 Å². The number of carbonyl (C=O) groups is 1. The van der Waals surface area contributed by atoms with Crippen LogP contribution in [0.3, 0.4) is 0 Å². The van der Waals surface area contributed by atoms with Gasteiger partial charge in [-0.1, -0.05) is 0 Å². The van der Waals surface area contributed by atoms with E-state index in [0.717, 1.165) is 12.8 Å². The summed E-state index contributed by atoms with van der Waals surface area (Å²) in [7, 11) is 0. The monoisotopic (exact) mass is 154 g/mol. The first-order chi connectivity index (χ1) is 5.27. The standard InChI is InChI=1S/C8H10O3/c9-7-3-1-4-6(7)5(2-3)11-8(4)10/h3-7,9H,1-2H2/t3-,4-,5+,6+,7?/m1/s1. The summed E-state index contributed by atoms with van der Waals surface area (Å²) in [5.74, 6) is 0.460. The van der Waals surface area contributed by atoms with E-state index in [4.69, 9.17) is 4.74 Å². The van der Waals surface area contributed by atoms with E-state index >= 15 is 0 Å². The first-order valence-corrected chi connectivity index (χ1v) is 4.16. The summed E-state index contributed by atoms with van der Waals surface area (Å²) in [6.45, 7) is 0. The number of carbonyl (C=O) groups excluding carboxylic acids is 1. The molecule has 0 aromatic heterocycles. The van der Waals surface area contributed by atoms with Gasteiger partial charge in [-0.25, -0.2) is 0 Å². The minimum absolute atomic E-state index is 0.0359. The molecule has 3 fully saturated rings. The van der Waals surface area contributed by atoms with Crippen molar-refractivity contribution in [2.45, 2.75) is 25.0 Å². The molecule has 1 N–H and O–H groups in total. The van der Waals surface area contributed by atoms with Crippen LogP contribution in [0.1, 0.15) is 12.8 Å². The van der Waals surface area contributed by atoms with Gasteiger partial charge in [0.1, 0.15) is 6.10 Å². The van der Waals surface area contributed by atoms with Crippen LogP contribution >= 0.6 is 0 Å². The van der Waals surface area contributed by atoms with Gasteiger partial charge in [0.05, 0.1) is 12.0 Å².